The van der Waals surface area contributed by atoms with Crippen LogP contribution >= 0.6 is 23.7 Å². The predicted molar refractivity (Wildman–Crippen MR) is 74.3 cm³/mol. The molecule has 1 aliphatic rings. The molecule has 0 spiro atoms. The molecule has 1 saturated heterocycles. The Balaban J connectivity index is 0.00000162. The van der Waals surface area contributed by atoms with E-state index in [0.29, 0.717) is 12.3 Å². The molecule has 2 heterocycles. The molecule has 1 aromatic heterocycles. The first-order valence-electron chi connectivity index (χ1n) is 5.48. The van der Waals surface area contributed by atoms with Crippen LogP contribution in [0.5, 0.6) is 5.75 Å². The number of piperidine rings is 1. The van der Waals surface area contributed by atoms with Gasteiger partial charge in [0, 0.05) is 12.6 Å². The van der Waals surface area contributed by atoms with E-state index in [-0.39, 0.29) is 22.7 Å². The lowest BCUT2D eigenvalue weighted by Crippen LogP contribution is -2.45. The SMILES string of the molecule is COc1ccsc1S(=O)(=O)NC1CCCNC1.Cl. The van der Waals surface area contributed by atoms with Gasteiger partial charge in [0.05, 0.1) is 7.11 Å². The molecule has 104 valence electrons. The smallest absolute Gasteiger partial charge is 0.254 e. The Kier molecular flexibility index (Phi) is 5.87. The van der Waals surface area contributed by atoms with Gasteiger partial charge in [-0.1, -0.05) is 0 Å². The lowest BCUT2D eigenvalue weighted by Gasteiger charge is -2.23. The first-order chi connectivity index (χ1) is 8.13. The van der Waals surface area contributed by atoms with Gasteiger partial charge in [-0.15, -0.1) is 23.7 Å². The molecular formula is C10H17ClN2O3S2. The second-order valence-corrected chi connectivity index (χ2v) is 6.77. The maximum Gasteiger partial charge on any atom is 0.254 e. The van der Waals surface area contributed by atoms with E-state index in [1.807, 2.05) is 0 Å². The minimum Gasteiger partial charge on any atom is -0.494 e. The molecule has 1 atom stereocenters. The number of sulfonamides is 1. The summed E-state index contributed by atoms with van der Waals surface area (Å²) in [5.41, 5.74) is 0. The average Bonchev–Trinajstić information content (AvgIpc) is 2.78. The first kappa shape index (κ1) is 15.7. The van der Waals surface area contributed by atoms with Crippen molar-refractivity contribution in [2.24, 2.45) is 0 Å². The Morgan fingerprint density at radius 1 is 1.56 bits per heavy atom. The molecule has 5 nitrogen and oxygen atoms in total. The molecule has 0 radical (unpaired) electrons. The zero-order valence-electron chi connectivity index (χ0n) is 10.0. The first-order valence-corrected chi connectivity index (χ1v) is 7.84. The van der Waals surface area contributed by atoms with Crippen LogP contribution in [0.1, 0.15) is 12.8 Å². The van der Waals surface area contributed by atoms with E-state index < -0.39 is 10.0 Å². The maximum atomic E-state index is 12.1. The molecule has 0 aliphatic carbocycles. The van der Waals surface area contributed by atoms with E-state index in [1.165, 1.54) is 18.4 Å². The molecule has 1 fully saturated rings. The van der Waals surface area contributed by atoms with Crippen molar-refractivity contribution in [3.8, 4) is 5.75 Å². The van der Waals surface area contributed by atoms with Gasteiger partial charge in [0.25, 0.3) is 10.0 Å². The third-order valence-corrected chi connectivity index (χ3v) is 5.65. The third-order valence-electron chi connectivity index (χ3n) is 2.68. The van der Waals surface area contributed by atoms with Crippen LogP contribution in [0.2, 0.25) is 0 Å². The maximum absolute atomic E-state index is 12.1. The highest BCUT2D eigenvalue weighted by Crippen LogP contribution is 2.29. The summed E-state index contributed by atoms with van der Waals surface area (Å²) in [5.74, 6) is 0.409. The van der Waals surface area contributed by atoms with Crippen LogP contribution in [-0.2, 0) is 10.0 Å². The summed E-state index contributed by atoms with van der Waals surface area (Å²) in [6, 6.07) is 1.64. The van der Waals surface area contributed by atoms with Crippen LogP contribution in [0.3, 0.4) is 0 Å². The molecule has 0 bridgehead atoms. The second-order valence-electron chi connectivity index (χ2n) is 3.94. The number of thiophene rings is 1. The largest absolute Gasteiger partial charge is 0.494 e. The number of hydrogen-bond acceptors (Lipinski definition) is 5. The van der Waals surface area contributed by atoms with E-state index in [1.54, 1.807) is 11.4 Å². The minimum absolute atomic E-state index is 0. The number of methoxy groups -OCH3 is 1. The number of rotatable bonds is 4. The Bertz CT molecular complexity index is 469. The van der Waals surface area contributed by atoms with Gasteiger partial charge in [0.2, 0.25) is 0 Å². The van der Waals surface area contributed by atoms with Crippen molar-refractivity contribution < 1.29 is 13.2 Å². The quantitative estimate of drug-likeness (QED) is 0.877. The standard InChI is InChI=1S/C10H16N2O3S2.ClH/c1-15-9-4-6-16-10(9)17(13,14)12-8-3-2-5-11-7-8;/h4,6,8,11-12H,2-3,5,7H2,1H3;1H. The van der Waals surface area contributed by atoms with E-state index in [4.69, 9.17) is 4.74 Å². The molecule has 1 unspecified atom stereocenters. The summed E-state index contributed by atoms with van der Waals surface area (Å²) in [6.45, 7) is 1.65. The third kappa shape index (κ3) is 3.58. The summed E-state index contributed by atoms with van der Waals surface area (Å²) in [6.07, 6.45) is 1.87. The summed E-state index contributed by atoms with van der Waals surface area (Å²) in [5, 5.41) is 4.89. The van der Waals surface area contributed by atoms with Crippen LogP contribution in [0.15, 0.2) is 15.7 Å². The van der Waals surface area contributed by atoms with Gasteiger partial charge in [0.1, 0.15) is 5.75 Å². The van der Waals surface area contributed by atoms with Crippen molar-refractivity contribution in [1.29, 1.82) is 0 Å². The second kappa shape index (κ2) is 6.72. The van der Waals surface area contributed by atoms with Gasteiger partial charge in [-0.3, -0.25) is 0 Å². The van der Waals surface area contributed by atoms with Gasteiger partial charge in [0.15, 0.2) is 4.21 Å². The summed E-state index contributed by atoms with van der Waals surface area (Å²) in [7, 11) is -1.98. The molecule has 0 amide bonds. The average molecular weight is 313 g/mol. The lowest BCUT2D eigenvalue weighted by atomic mass is 10.1. The molecule has 0 saturated carbocycles. The zero-order chi connectivity index (χ0) is 12.3. The monoisotopic (exact) mass is 312 g/mol. The van der Waals surface area contributed by atoms with Gasteiger partial charge in [-0.25, -0.2) is 13.1 Å². The van der Waals surface area contributed by atoms with Gasteiger partial charge in [-0.2, -0.15) is 0 Å². The number of halogens is 1. The van der Waals surface area contributed by atoms with Crippen LogP contribution in [-0.4, -0.2) is 34.7 Å². The highest BCUT2D eigenvalue weighted by Gasteiger charge is 2.25. The minimum atomic E-state index is -3.46. The van der Waals surface area contributed by atoms with E-state index >= 15 is 0 Å². The van der Waals surface area contributed by atoms with Crippen molar-refractivity contribution >= 4 is 33.8 Å². The fourth-order valence-electron chi connectivity index (χ4n) is 1.86. The molecule has 18 heavy (non-hydrogen) atoms. The van der Waals surface area contributed by atoms with Crippen LogP contribution < -0.4 is 14.8 Å². The normalized spacial score (nSPS) is 20.2. The van der Waals surface area contributed by atoms with Crippen molar-refractivity contribution in [2.45, 2.75) is 23.1 Å². The van der Waals surface area contributed by atoms with Crippen molar-refractivity contribution in [3.63, 3.8) is 0 Å². The predicted octanol–water partition coefficient (Wildman–Crippen LogP) is 1.21. The highest BCUT2D eigenvalue weighted by atomic mass is 35.5. The number of nitrogens with one attached hydrogen (secondary N) is 2. The summed E-state index contributed by atoms with van der Waals surface area (Å²) in [4.78, 5) is 0. The fourth-order valence-corrected chi connectivity index (χ4v) is 4.42. The topological polar surface area (TPSA) is 67.4 Å². The van der Waals surface area contributed by atoms with Crippen LogP contribution in [0, 0.1) is 0 Å². The molecule has 1 aliphatic heterocycles. The fraction of sp³-hybridized carbons (Fsp3) is 0.600. The van der Waals surface area contributed by atoms with Gasteiger partial charge < -0.3 is 10.1 Å². The Labute approximate surface area is 117 Å². The molecule has 1 aromatic rings. The summed E-state index contributed by atoms with van der Waals surface area (Å²) < 4.78 is 32.3. The summed E-state index contributed by atoms with van der Waals surface area (Å²) >= 11 is 1.17. The molecular weight excluding hydrogens is 296 g/mol. The van der Waals surface area contributed by atoms with Gasteiger partial charge >= 0.3 is 0 Å². The van der Waals surface area contributed by atoms with Crippen LogP contribution in [0.25, 0.3) is 0 Å². The Hall–Kier alpha value is -0.340. The van der Waals surface area contributed by atoms with Crippen molar-refractivity contribution in [2.75, 3.05) is 20.2 Å². The highest BCUT2D eigenvalue weighted by molar-refractivity contribution is 7.91. The molecule has 2 rings (SSSR count). The van der Waals surface area contributed by atoms with Crippen LogP contribution in [0.4, 0.5) is 0 Å². The Morgan fingerprint density at radius 3 is 2.94 bits per heavy atom. The van der Waals surface area contributed by atoms with E-state index in [0.717, 1.165) is 19.4 Å². The van der Waals surface area contributed by atoms with Crippen molar-refractivity contribution in [1.82, 2.24) is 10.0 Å². The zero-order valence-corrected chi connectivity index (χ0v) is 12.5. The van der Waals surface area contributed by atoms with E-state index in [2.05, 4.69) is 10.0 Å². The number of hydrogen-bond donors (Lipinski definition) is 2. The van der Waals surface area contributed by atoms with Gasteiger partial charge in [-0.05, 0) is 30.8 Å². The molecule has 2 N–H and O–H groups in total. The Morgan fingerprint density at radius 2 is 2.33 bits per heavy atom. The molecule has 0 aromatic carbocycles. The van der Waals surface area contributed by atoms with E-state index in [9.17, 15) is 8.42 Å². The lowest BCUT2D eigenvalue weighted by molar-refractivity contribution is 0.403. The molecule has 8 heteroatoms. The van der Waals surface area contributed by atoms with Crippen molar-refractivity contribution in [3.05, 3.63) is 11.4 Å². The number of ether oxygens (including phenoxy) is 1.